The molecule has 46 heavy (non-hydrogen) atoms. The molecule has 4 aliphatic rings. The number of aromatic nitrogens is 5. The lowest BCUT2D eigenvalue weighted by molar-refractivity contribution is 0.149. The van der Waals surface area contributed by atoms with Crippen LogP contribution in [0.3, 0.4) is 0 Å². The number of nitrogens with one attached hydrogen (secondary N) is 3. The van der Waals surface area contributed by atoms with Gasteiger partial charge in [-0.1, -0.05) is 18.5 Å². The topological polar surface area (TPSA) is 130 Å². The van der Waals surface area contributed by atoms with E-state index in [2.05, 4.69) is 37.7 Å². The first-order valence-electron chi connectivity index (χ1n) is 15.9. The molecule has 3 saturated heterocycles. The molecule has 4 aromatic rings. The highest BCUT2D eigenvalue weighted by Gasteiger charge is 2.64. The lowest BCUT2D eigenvalue weighted by atomic mass is 9.91. The van der Waals surface area contributed by atoms with Crippen LogP contribution in [0.25, 0.3) is 33.1 Å². The van der Waals surface area contributed by atoms with Gasteiger partial charge in [-0.25, -0.2) is 9.18 Å². The molecule has 14 heteroatoms. The first kappa shape index (κ1) is 31.2. The van der Waals surface area contributed by atoms with Gasteiger partial charge in [-0.2, -0.15) is 26.8 Å². The molecule has 3 atom stereocenters. The molecule has 3 aromatic heterocycles. The summed E-state index contributed by atoms with van der Waals surface area (Å²) in [6, 6.07) is 3.40. The summed E-state index contributed by atoms with van der Waals surface area (Å²) in [6.45, 7) is 7.85. The van der Waals surface area contributed by atoms with E-state index >= 15 is 4.39 Å². The summed E-state index contributed by atoms with van der Waals surface area (Å²) in [5.74, 6) is 2.76. The third-order valence-corrected chi connectivity index (χ3v) is 10.2. The molecule has 0 spiro atoms. The Kier molecular flexibility index (Phi) is 8.58. The fourth-order valence-corrected chi connectivity index (χ4v) is 7.11. The summed E-state index contributed by atoms with van der Waals surface area (Å²) < 4.78 is 27.9. The smallest absolute Gasteiger partial charge is 0.407 e. The summed E-state index contributed by atoms with van der Waals surface area (Å²) in [4.78, 5) is 28.0. The molecule has 6 heterocycles. The molecule has 0 bridgehead atoms. The molecule has 4 fully saturated rings. The molecule has 3 N–H and O–H groups in total. The number of thioether (sulfide) groups is 1. The number of carbonyl (C=O) groups excluding carboxylic acids is 1. The van der Waals surface area contributed by atoms with Gasteiger partial charge in [-0.05, 0) is 56.7 Å². The summed E-state index contributed by atoms with van der Waals surface area (Å²) >= 11 is 8.37. The van der Waals surface area contributed by atoms with Gasteiger partial charge >= 0.3 is 12.1 Å². The number of nitrogens with zero attached hydrogens (tertiary/aromatic N) is 5. The maximum atomic E-state index is 16.5. The van der Waals surface area contributed by atoms with Crippen molar-refractivity contribution in [2.45, 2.75) is 45.6 Å². The standard InChI is InChI=1S/C30H34ClFN8O3.C2H4S/c1-3-42-28(41)36-18-5-8-40(13-18)26-21-11-34-24(19-9-17(31)10-22-20(19)12-35-39-22)23(32)25(21)37-27(38-26)43-16-30-6-4-7-33-15-29(30,2)14-30;1-2-3-1/h9-12,18,33H,3-8,13-16H2,1-2H3,(H,35,39)(H,36,41);1-2H2. The van der Waals surface area contributed by atoms with Crippen LogP contribution in [-0.4, -0.2) is 88.2 Å². The van der Waals surface area contributed by atoms with Crippen molar-refractivity contribution in [1.29, 1.82) is 0 Å². The van der Waals surface area contributed by atoms with Crippen LogP contribution in [0.1, 0.15) is 39.5 Å². The van der Waals surface area contributed by atoms with E-state index in [9.17, 15) is 4.79 Å². The first-order chi connectivity index (χ1) is 22.3. The lowest BCUT2D eigenvalue weighted by Crippen LogP contribution is -2.37. The van der Waals surface area contributed by atoms with Crippen LogP contribution in [0.15, 0.2) is 24.5 Å². The quantitative estimate of drug-likeness (QED) is 0.215. The number of alkyl carbamates (subject to hydrolysis) is 1. The van der Waals surface area contributed by atoms with Gasteiger partial charge in [0.15, 0.2) is 5.82 Å². The van der Waals surface area contributed by atoms with E-state index in [1.165, 1.54) is 11.5 Å². The van der Waals surface area contributed by atoms with Crippen molar-refractivity contribution in [2.75, 3.05) is 55.8 Å². The van der Waals surface area contributed by atoms with E-state index in [1.807, 2.05) is 16.7 Å². The van der Waals surface area contributed by atoms with Crippen molar-refractivity contribution < 1.29 is 18.7 Å². The van der Waals surface area contributed by atoms with Crippen LogP contribution >= 0.6 is 23.4 Å². The summed E-state index contributed by atoms with van der Waals surface area (Å²) in [5.41, 5.74) is 1.63. The van der Waals surface area contributed by atoms with Gasteiger partial charge in [-0.15, -0.1) is 0 Å². The van der Waals surface area contributed by atoms with Crippen molar-refractivity contribution in [3.8, 4) is 17.3 Å². The zero-order valence-corrected chi connectivity index (χ0v) is 27.6. The minimum absolute atomic E-state index is 0.0485. The van der Waals surface area contributed by atoms with Crippen LogP contribution in [0.4, 0.5) is 15.0 Å². The molecule has 8 rings (SSSR count). The number of hydrogen-bond acceptors (Lipinski definition) is 10. The number of fused-ring (bicyclic) bond motifs is 3. The van der Waals surface area contributed by atoms with Crippen molar-refractivity contribution >= 4 is 57.1 Å². The molecule has 3 unspecified atom stereocenters. The number of halogens is 2. The fourth-order valence-electron chi connectivity index (χ4n) is 6.90. The van der Waals surface area contributed by atoms with E-state index < -0.39 is 11.9 Å². The van der Waals surface area contributed by atoms with E-state index in [1.54, 1.807) is 31.5 Å². The third kappa shape index (κ3) is 6.16. The zero-order valence-electron chi connectivity index (χ0n) is 26.0. The van der Waals surface area contributed by atoms with Gasteiger partial charge < -0.3 is 25.0 Å². The van der Waals surface area contributed by atoms with Crippen molar-refractivity contribution in [3.05, 3.63) is 35.4 Å². The van der Waals surface area contributed by atoms with Gasteiger partial charge in [0.2, 0.25) is 0 Å². The Morgan fingerprint density at radius 1 is 1.26 bits per heavy atom. The number of H-pyrrole nitrogens is 1. The Hall–Kier alpha value is -3.42. The largest absolute Gasteiger partial charge is 0.463 e. The predicted octanol–water partition coefficient (Wildman–Crippen LogP) is 5.58. The molecular weight excluding hydrogens is 631 g/mol. The summed E-state index contributed by atoms with van der Waals surface area (Å²) in [6.07, 6.45) is 6.65. The number of hydrogen-bond donors (Lipinski definition) is 3. The molecule has 244 valence electrons. The maximum Gasteiger partial charge on any atom is 0.407 e. The van der Waals surface area contributed by atoms with Crippen molar-refractivity contribution in [3.63, 3.8) is 0 Å². The first-order valence-corrected chi connectivity index (χ1v) is 17.4. The molecular formula is C32H38ClFN8O3S. The van der Waals surface area contributed by atoms with Crippen molar-refractivity contribution in [1.82, 2.24) is 35.8 Å². The van der Waals surface area contributed by atoms with E-state index in [4.69, 9.17) is 26.1 Å². The predicted molar refractivity (Wildman–Crippen MR) is 178 cm³/mol. The normalized spacial score (nSPS) is 25.0. The van der Waals surface area contributed by atoms with Gasteiger partial charge in [0, 0.05) is 58.7 Å². The second-order valence-corrected chi connectivity index (χ2v) is 14.5. The Morgan fingerprint density at radius 3 is 2.91 bits per heavy atom. The van der Waals surface area contributed by atoms with E-state index in [0.717, 1.165) is 32.4 Å². The minimum Gasteiger partial charge on any atom is -0.463 e. The summed E-state index contributed by atoms with van der Waals surface area (Å²) in [7, 11) is 0. The monoisotopic (exact) mass is 668 g/mol. The Labute approximate surface area is 275 Å². The highest BCUT2D eigenvalue weighted by atomic mass is 35.5. The molecule has 1 amide bonds. The number of pyridine rings is 1. The molecule has 0 radical (unpaired) electrons. The zero-order chi connectivity index (χ0) is 31.9. The number of aromatic amines is 1. The Balaban J connectivity index is 0.00000107. The highest BCUT2D eigenvalue weighted by Crippen LogP contribution is 2.66. The molecule has 11 nitrogen and oxygen atoms in total. The SMILES string of the molecule is C1CS1.CCOC(=O)NC1CCN(c2nc(OCC34CCCNCC3(C)C4)nc3c(F)c(-c4cc(Cl)cc5[nH]ncc45)ncc23)C1. The summed E-state index contributed by atoms with van der Waals surface area (Å²) in [5, 5.41) is 15.0. The third-order valence-electron chi connectivity index (χ3n) is 9.60. The van der Waals surface area contributed by atoms with Crippen LogP contribution in [0, 0.1) is 16.6 Å². The van der Waals surface area contributed by atoms with Crippen LogP contribution in [0.2, 0.25) is 5.02 Å². The van der Waals surface area contributed by atoms with Crippen LogP contribution < -0.4 is 20.3 Å². The minimum atomic E-state index is -0.593. The average Bonchev–Trinajstić information content (AvgIpc) is 3.90. The Morgan fingerprint density at radius 2 is 2.11 bits per heavy atom. The number of anilines is 1. The second kappa shape index (κ2) is 12.6. The number of ether oxygens (including phenoxy) is 2. The maximum absolute atomic E-state index is 16.5. The second-order valence-electron chi connectivity index (χ2n) is 12.8. The molecule has 1 aliphatic carbocycles. The fraction of sp³-hybridized carbons (Fsp3) is 0.531. The van der Waals surface area contributed by atoms with E-state index in [0.29, 0.717) is 65.4 Å². The number of benzene rings is 1. The molecule has 3 aliphatic heterocycles. The van der Waals surface area contributed by atoms with Gasteiger partial charge in [-0.3, -0.25) is 10.1 Å². The highest BCUT2D eigenvalue weighted by molar-refractivity contribution is 8.06. The average molecular weight is 669 g/mol. The van der Waals surface area contributed by atoms with Gasteiger partial charge in [0.25, 0.3) is 0 Å². The van der Waals surface area contributed by atoms with Crippen molar-refractivity contribution in [2.24, 2.45) is 10.8 Å². The lowest BCUT2D eigenvalue weighted by Gasteiger charge is -2.23. The molecule has 1 aromatic carbocycles. The van der Waals surface area contributed by atoms with Crippen LogP contribution in [-0.2, 0) is 4.74 Å². The van der Waals surface area contributed by atoms with Gasteiger partial charge in [0.05, 0.1) is 36.4 Å². The molecule has 1 saturated carbocycles. The Bertz CT molecular complexity index is 1770. The van der Waals surface area contributed by atoms with Gasteiger partial charge in [0.1, 0.15) is 17.0 Å². The number of rotatable bonds is 7. The van der Waals surface area contributed by atoms with E-state index in [-0.39, 0.29) is 34.1 Å². The van der Waals surface area contributed by atoms with Crippen LogP contribution in [0.5, 0.6) is 6.01 Å². The number of amides is 1. The number of carbonyl (C=O) groups is 1.